The van der Waals surface area contributed by atoms with E-state index in [-0.39, 0.29) is 5.69 Å². The minimum atomic E-state index is -4.52. The molecule has 0 unspecified atom stereocenters. The first-order valence-electron chi connectivity index (χ1n) is 8.74. The van der Waals surface area contributed by atoms with Gasteiger partial charge in [0.1, 0.15) is 11.7 Å². The predicted molar refractivity (Wildman–Crippen MR) is 94.5 cm³/mol. The van der Waals surface area contributed by atoms with Crippen molar-refractivity contribution in [2.24, 2.45) is 5.92 Å². The Hall–Kier alpha value is -3.03. The molecule has 2 aliphatic heterocycles. The normalized spacial score (nSPS) is 25.9. The molecule has 2 bridgehead atoms. The van der Waals surface area contributed by atoms with Gasteiger partial charge in [-0.1, -0.05) is 24.3 Å². The van der Waals surface area contributed by atoms with Crippen molar-refractivity contribution in [1.29, 1.82) is 0 Å². The molecule has 3 atom stereocenters. The summed E-state index contributed by atoms with van der Waals surface area (Å²) in [6, 6.07) is 11.5. The van der Waals surface area contributed by atoms with Crippen molar-refractivity contribution in [3.63, 3.8) is 0 Å². The van der Waals surface area contributed by atoms with Crippen LogP contribution in [0.5, 0.6) is 5.75 Å². The van der Waals surface area contributed by atoms with E-state index in [2.05, 4.69) is 10.6 Å². The number of amides is 2. The van der Waals surface area contributed by atoms with Gasteiger partial charge < -0.3 is 15.4 Å². The Labute approximate surface area is 158 Å². The molecule has 2 N–H and O–H groups in total. The van der Waals surface area contributed by atoms with E-state index in [9.17, 15) is 22.8 Å². The first-order valence-corrected chi connectivity index (χ1v) is 8.74. The summed E-state index contributed by atoms with van der Waals surface area (Å²) in [5.41, 5.74) is -1.08. The van der Waals surface area contributed by atoms with Gasteiger partial charge in [-0.05, 0) is 36.8 Å². The molecule has 8 heteroatoms. The molecule has 0 spiro atoms. The molecule has 28 heavy (non-hydrogen) atoms. The molecule has 2 aromatic rings. The number of halogens is 3. The number of benzene rings is 2. The Morgan fingerprint density at radius 2 is 1.96 bits per heavy atom. The van der Waals surface area contributed by atoms with Gasteiger partial charge in [-0.2, -0.15) is 13.2 Å². The average molecular weight is 390 g/mol. The lowest BCUT2D eigenvalue weighted by Crippen LogP contribution is -2.62. The van der Waals surface area contributed by atoms with Crippen molar-refractivity contribution in [2.75, 3.05) is 5.32 Å². The molecule has 0 aromatic heterocycles. The third-order valence-electron chi connectivity index (χ3n) is 5.08. The number of rotatable bonds is 2. The number of alkyl halides is 3. The molecule has 2 heterocycles. The number of piperidine rings is 1. The highest BCUT2D eigenvalue weighted by Crippen LogP contribution is 2.46. The lowest BCUT2D eigenvalue weighted by atomic mass is 9.74. The van der Waals surface area contributed by atoms with Gasteiger partial charge in [0.25, 0.3) is 0 Å². The molecular formula is C20H17F3N2O3. The molecule has 0 radical (unpaired) electrons. The fourth-order valence-electron chi connectivity index (χ4n) is 3.88. The second-order valence-corrected chi connectivity index (χ2v) is 7.22. The summed E-state index contributed by atoms with van der Waals surface area (Å²) < 4.78 is 44.6. The Morgan fingerprint density at radius 1 is 1.21 bits per heavy atom. The van der Waals surface area contributed by atoms with Gasteiger partial charge in [0.05, 0.1) is 5.56 Å². The summed E-state index contributed by atoms with van der Waals surface area (Å²) >= 11 is 0. The molecule has 0 aliphatic carbocycles. The van der Waals surface area contributed by atoms with Crippen LogP contribution in [0.2, 0.25) is 0 Å². The summed E-state index contributed by atoms with van der Waals surface area (Å²) in [6.07, 6.45) is -4.14. The molecule has 1 fully saturated rings. The fraction of sp³-hybridized carbons (Fsp3) is 0.300. The molecular weight excluding hydrogens is 373 g/mol. The Balaban J connectivity index is 1.64. The van der Waals surface area contributed by atoms with Gasteiger partial charge in [0.2, 0.25) is 11.8 Å². The number of carbonyl (C=O) groups is 2. The van der Waals surface area contributed by atoms with Crippen LogP contribution in [0.1, 0.15) is 30.4 Å². The standard InChI is InChI=1S/C20H17F3N2O3/c1-19-10-14(13-7-2-3-8-15(13)28-19)16(18(27)25-19)17(26)24-12-6-4-5-11(9-12)20(21,22)23/h2-9,14,16H,10H2,1H3,(H,24,26)(H,25,27)/t14-,16+,19-/m0/s1. The fourth-order valence-corrected chi connectivity index (χ4v) is 3.88. The highest BCUT2D eigenvalue weighted by molar-refractivity contribution is 6.08. The van der Waals surface area contributed by atoms with Gasteiger partial charge in [-0.3, -0.25) is 9.59 Å². The van der Waals surface area contributed by atoms with Gasteiger partial charge >= 0.3 is 6.18 Å². The first kappa shape index (κ1) is 18.3. The second kappa shape index (κ2) is 6.25. The quantitative estimate of drug-likeness (QED) is 0.769. The third-order valence-corrected chi connectivity index (χ3v) is 5.08. The zero-order valence-electron chi connectivity index (χ0n) is 14.8. The molecule has 146 valence electrons. The zero-order chi connectivity index (χ0) is 20.1. The summed E-state index contributed by atoms with van der Waals surface area (Å²) in [7, 11) is 0. The molecule has 1 saturated heterocycles. The Bertz CT molecular complexity index is 960. The SMILES string of the molecule is C[C@@]12C[C@@H](c3ccccc3O1)[C@H](C(=O)Nc1cccc(C(F)(F)F)c1)C(=O)N2. The highest BCUT2D eigenvalue weighted by Gasteiger charge is 2.51. The lowest BCUT2D eigenvalue weighted by Gasteiger charge is -2.46. The smallest absolute Gasteiger partial charge is 0.416 e. The molecule has 5 nitrogen and oxygen atoms in total. The molecule has 4 rings (SSSR count). The topological polar surface area (TPSA) is 67.4 Å². The number of nitrogens with one attached hydrogen (secondary N) is 2. The highest BCUT2D eigenvalue weighted by atomic mass is 19.4. The Kier molecular flexibility index (Phi) is 4.10. The van der Waals surface area contributed by atoms with Crippen molar-refractivity contribution in [3.05, 3.63) is 59.7 Å². The molecule has 2 aromatic carbocycles. The molecule has 0 saturated carbocycles. The van der Waals surface area contributed by atoms with Crippen molar-refractivity contribution in [3.8, 4) is 5.75 Å². The minimum Gasteiger partial charge on any atom is -0.468 e. The van der Waals surface area contributed by atoms with Crippen molar-refractivity contribution >= 4 is 17.5 Å². The number of ether oxygens (including phenoxy) is 1. The molecule has 2 aliphatic rings. The number of carbonyl (C=O) groups excluding carboxylic acids is 2. The van der Waals surface area contributed by atoms with Crippen molar-refractivity contribution in [2.45, 2.75) is 31.2 Å². The maximum atomic E-state index is 12.9. The number of para-hydroxylation sites is 1. The van der Waals surface area contributed by atoms with Crippen LogP contribution in [-0.4, -0.2) is 17.5 Å². The van der Waals surface area contributed by atoms with E-state index >= 15 is 0 Å². The Morgan fingerprint density at radius 3 is 2.71 bits per heavy atom. The zero-order valence-corrected chi connectivity index (χ0v) is 14.8. The van der Waals surface area contributed by atoms with Crippen LogP contribution in [0.15, 0.2) is 48.5 Å². The summed E-state index contributed by atoms with van der Waals surface area (Å²) in [6.45, 7) is 1.73. The number of hydrogen-bond donors (Lipinski definition) is 2. The lowest BCUT2D eigenvalue weighted by molar-refractivity contribution is -0.145. The summed E-state index contributed by atoms with van der Waals surface area (Å²) in [5.74, 6) is -2.10. The van der Waals surface area contributed by atoms with Crippen LogP contribution in [-0.2, 0) is 15.8 Å². The van der Waals surface area contributed by atoms with Crippen LogP contribution < -0.4 is 15.4 Å². The van der Waals surface area contributed by atoms with Crippen molar-refractivity contribution < 1.29 is 27.5 Å². The van der Waals surface area contributed by atoms with Gasteiger partial charge in [-0.25, -0.2) is 0 Å². The maximum Gasteiger partial charge on any atom is 0.416 e. The van der Waals surface area contributed by atoms with E-state index in [4.69, 9.17) is 4.74 Å². The van der Waals surface area contributed by atoms with Gasteiger partial charge in [-0.15, -0.1) is 0 Å². The first-order chi connectivity index (χ1) is 13.2. The van der Waals surface area contributed by atoms with Gasteiger partial charge in [0.15, 0.2) is 5.72 Å². The van der Waals surface area contributed by atoms with Crippen LogP contribution in [0.3, 0.4) is 0 Å². The van der Waals surface area contributed by atoms with E-state index in [0.29, 0.717) is 12.2 Å². The summed E-state index contributed by atoms with van der Waals surface area (Å²) in [5, 5.41) is 5.18. The molecule has 2 amide bonds. The van der Waals surface area contributed by atoms with Crippen LogP contribution in [0.25, 0.3) is 0 Å². The van der Waals surface area contributed by atoms with Crippen LogP contribution in [0.4, 0.5) is 18.9 Å². The van der Waals surface area contributed by atoms with Crippen LogP contribution in [0, 0.1) is 5.92 Å². The van der Waals surface area contributed by atoms with Crippen LogP contribution >= 0.6 is 0 Å². The number of fused-ring (bicyclic) bond motifs is 4. The largest absolute Gasteiger partial charge is 0.468 e. The second-order valence-electron chi connectivity index (χ2n) is 7.22. The van der Waals surface area contributed by atoms with E-state index in [1.807, 2.05) is 0 Å². The predicted octanol–water partition coefficient (Wildman–Crippen LogP) is 3.67. The average Bonchev–Trinajstić information content (AvgIpc) is 2.60. The van der Waals surface area contributed by atoms with E-state index < -0.39 is 41.1 Å². The minimum absolute atomic E-state index is 0.0127. The summed E-state index contributed by atoms with van der Waals surface area (Å²) in [4.78, 5) is 25.5. The number of anilines is 1. The van der Waals surface area contributed by atoms with Crippen molar-refractivity contribution in [1.82, 2.24) is 5.32 Å². The van der Waals surface area contributed by atoms with E-state index in [1.165, 1.54) is 12.1 Å². The van der Waals surface area contributed by atoms with E-state index in [1.54, 1.807) is 31.2 Å². The maximum absolute atomic E-state index is 12.9. The monoisotopic (exact) mass is 390 g/mol. The third kappa shape index (κ3) is 3.19. The number of hydrogen-bond acceptors (Lipinski definition) is 3. The van der Waals surface area contributed by atoms with E-state index in [0.717, 1.165) is 17.7 Å². The van der Waals surface area contributed by atoms with Gasteiger partial charge in [0, 0.05) is 18.0 Å².